The first-order chi connectivity index (χ1) is 9.98. The Morgan fingerprint density at radius 3 is 2.71 bits per heavy atom. The molecule has 6 nitrogen and oxygen atoms in total. The third-order valence-electron chi connectivity index (χ3n) is 2.93. The molecule has 0 saturated carbocycles. The van der Waals surface area contributed by atoms with Gasteiger partial charge in [-0.3, -0.25) is 4.68 Å². The zero-order valence-electron chi connectivity index (χ0n) is 12.2. The third kappa shape index (κ3) is 4.61. The van der Waals surface area contributed by atoms with Gasteiger partial charge in [0.05, 0.1) is 30.6 Å². The topological polar surface area (TPSA) is 79.2 Å². The van der Waals surface area contributed by atoms with Crippen molar-refractivity contribution >= 4 is 11.7 Å². The van der Waals surface area contributed by atoms with Crippen molar-refractivity contribution in [1.82, 2.24) is 15.1 Å². The molecule has 6 heteroatoms. The van der Waals surface area contributed by atoms with Crippen molar-refractivity contribution in [3.8, 4) is 0 Å². The molecular weight excluding hydrogens is 268 g/mol. The van der Waals surface area contributed by atoms with Crippen LogP contribution in [0, 0.1) is 0 Å². The van der Waals surface area contributed by atoms with Gasteiger partial charge < -0.3 is 15.7 Å². The van der Waals surface area contributed by atoms with Gasteiger partial charge in [0.1, 0.15) is 0 Å². The van der Waals surface area contributed by atoms with Gasteiger partial charge in [-0.25, -0.2) is 4.79 Å². The Balaban J connectivity index is 1.93. The Morgan fingerprint density at radius 2 is 2.05 bits per heavy atom. The van der Waals surface area contributed by atoms with E-state index in [1.165, 1.54) is 0 Å². The number of benzene rings is 1. The number of anilines is 1. The van der Waals surface area contributed by atoms with E-state index >= 15 is 0 Å². The van der Waals surface area contributed by atoms with Crippen LogP contribution in [0.15, 0.2) is 42.7 Å². The summed E-state index contributed by atoms with van der Waals surface area (Å²) >= 11 is 0. The smallest absolute Gasteiger partial charge is 0.319 e. The minimum Gasteiger partial charge on any atom is -0.394 e. The Bertz CT molecular complexity index is 593. The molecule has 0 aliphatic rings. The molecule has 1 heterocycles. The molecule has 1 aromatic carbocycles. The molecule has 2 amide bonds. The molecule has 0 radical (unpaired) electrons. The van der Waals surface area contributed by atoms with E-state index in [1.54, 1.807) is 30.9 Å². The van der Waals surface area contributed by atoms with Crippen molar-refractivity contribution < 1.29 is 9.90 Å². The van der Waals surface area contributed by atoms with Crippen LogP contribution in [0.1, 0.15) is 19.4 Å². The fraction of sp³-hybridized carbons (Fsp3) is 0.333. The average molecular weight is 288 g/mol. The molecule has 1 aromatic heterocycles. The number of rotatable bonds is 5. The van der Waals surface area contributed by atoms with Gasteiger partial charge in [-0.1, -0.05) is 30.3 Å². The van der Waals surface area contributed by atoms with Gasteiger partial charge in [0.2, 0.25) is 0 Å². The average Bonchev–Trinajstić information content (AvgIpc) is 2.86. The number of carbonyl (C=O) groups excluding carboxylic acids is 1. The van der Waals surface area contributed by atoms with Gasteiger partial charge in [0, 0.05) is 6.20 Å². The predicted octanol–water partition coefficient (Wildman–Crippen LogP) is 1.82. The van der Waals surface area contributed by atoms with Crippen molar-refractivity contribution in [3.05, 3.63) is 48.3 Å². The second kappa shape index (κ2) is 6.41. The molecule has 0 aliphatic heterocycles. The van der Waals surface area contributed by atoms with Crippen LogP contribution < -0.4 is 10.6 Å². The number of nitrogens with zero attached hydrogens (tertiary/aromatic N) is 2. The Hall–Kier alpha value is -2.34. The normalized spacial score (nSPS) is 11.2. The lowest BCUT2D eigenvalue weighted by Crippen LogP contribution is -2.48. The zero-order chi connectivity index (χ0) is 15.3. The molecule has 0 spiro atoms. The fourth-order valence-corrected chi connectivity index (χ4v) is 1.79. The van der Waals surface area contributed by atoms with Crippen LogP contribution >= 0.6 is 0 Å². The monoisotopic (exact) mass is 288 g/mol. The first-order valence-corrected chi connectivity index (χ1v) is 6.75. The van der Waals surface area contributed by atoms with Crippen molar-refractivity contribution in [2.75, 3.05) is 11.9 Å². The summed E-state index contributed by atoms with van der Waals surface area (Å²) in [6, 6.07) is 9.59. The van der Waals surface area contributed by atoms with Crippen LogP contribution in [0.5, 0.6) is 0 Å². The standard InChI is InChI=1S/C15H20N4O2/c1-15(2,11-20)18-14(21)17-13-8-16-19(10-13)9-12-6-4-3-5-7-12/h3-8,10,20H,9,11H2,1-2H3,(H2,17,18,21). The quantitative estimate of drug-likeness (QED) is 0.785. The van der Waals surface area contributed by atoms with E-state index in [0.717, 1.165) is 5.56 Å². The third-order valence-corrected chi connectivity index (χ3v) is 2.93. The van der Waals surface area contributed by atoms with Crippen LogP contribution in [0.2, 0.25) is 0 Å². The second-order valence-corrected chi connectivity index (χ2v) is 5.53. The second-order valence-electron chi connectivity index (χ2n) is 5.53. The summed E-state index contributed by atoms with van der Waals surface area (Å²) in [6.07, 6.45) is 3.35. The highest BCUT2D eigenvalue weighted by Gasteiger charge is 2.19. The van der Waals surface area contributed by atoms with E-state index < -0.39 is 5.54 Å². The summed E-state index contributed by atoms with van der Waals surface area (Å²) in [5.74, 6) is 0. The molecule has 0 saturated heterocycles. The van der Waals surface area contributed by atoms with Gasteiger partial charge in [0.25, 0.3) is 0 Å². The van der Waals surface area contributed by atoms with Crippen LogP contribution in [-0.4, -0.2) is 33.1 Å². The van der Waals surface area contributed by atoms with Crippen LogP contribution in [0.3, 0.4) is 0 Å². The molecule has 112 valence electrons. The van der Waals surface area contributed by atoms with Gasteiger partial charge in [-0.15, -0.1) is 0 Å². The van der Waals surface area contributed by atoms with Crippen LogP contribution in [-0.2, 0) is 6.54 Å². The molecule has 3 N–H and O–H groups in total. The van der Waals surface area contributed by atoms with E-state index in [-0.39, 0.29) is 12.6 Å². The number of hydrogen-bond acceptors (Lipinski definition) is 3. The summed E-state index contributed by atoms with van der Waals surface area (Å²) in [4.78, 5) is 11.8. The summed E-state index contributed by atoms with van der Waals surface area (Å²) in [7, 11) is 0. The number of nitrogens with one attached hydrogen (secondary N) is 2. The van der Waals surface area contributed by atoms with E-state index in [1.807, 2.05) is 30.3 Å². The van der Waals surface area contributed by atoms with E-state index in [4.69, 9.17) is 5.11 Å². The molecule has 0 unspecified atom stereocenters. The lowest BCUT2D eigenvalue weighted by atomic mass is 10.1. The molecule has 2 rings (SSSR count). The molecular formula is C15H20N4O2. The van der Waals surface area contributed by atoms with Gasteiger partial charge >= 0.3 is 6.03 Å². The fourth-order valence-electron chi connectivity index (χ4n) is 1.79. The first kappa shape index (κ1) is 15.1. The predicted molar refractivity (Wildman–Crippen MR) is 81.1 cm³/mol. The Kier molecular flexibility index (Phi) is 4.59. The van der Waals surface area contributed by atoms with Gasteiger partial charge in [0.15, 0.2) is 0 Å². The highest BCUT2D eigenvalue weighted by molar-refractivity contribution is 5.89. The van der Waals surface area contributed by atoms with Crippen molar-refractivity contribution in [3.63, 3.8) is 0 Å². The maximum Gasteiger partial charge on any atom is 0.319 e. The number of amides is 2. The van der Waals surface area contributed by atoms with Crippen molar-refractivity contribution in [2.24, 2.45) is 0 Å². The number of aliphatic hydroxyl groups is 1. The largest absolute Gasteiger partial charge is 0.394 e. The maximum atomic E-state index is 11.8. The minimum absolute atomic E-state index is 0.131. The number of aliphatic hydroxyl groups excluding tert-OH is 1. The zero-order valence-corrected chi connectivity index (χ0v) is 12.2. The SMILES string of the molecule is CC(C)(CO)NC(=O)Nc1cnn(Cc2ccccc2)c1. The number of aromatic nitrogens is 2. The van der Waals surface area contributed by atoms with Crippen LogP contribution in [0.25, 0.3) is 0 Å². The van der Waals surface area contributed by atoms with Gasteiger partial charge in [-0.05, 0) is 19.4 Å². The summed E-state index contributed by atoms with van der Waals surface area (Å²) in [5, 5.41) is 18.7. The Labute approximate surface area is 123 Å². The first-order valence-electron chi connectivity index (χ1n) is 6.75. The Morgan fingerprint density at radius 1 is 1.33 bits per heavy atom. The van der Waals surface area contributed by atoms with Crippen molar-refractivity contribution in [2.45, 2.75) is 25.9 Å². The lowest BCUT2D eigenvalue weighted by Gasteiger charge is -2.23. The maximum absolute atomic E-state index is 11.8. The summed E-state index contributed by atoms with van der Waals surface area (Å²) in [6.45, 7) is 4.00. The van der Waals surface area contributed by atoms with Gasteiger partial charge in [-0.2, -0.15) is 5.10 Å². The summed E-state index contributed by atoms with van der Waals surface area (Å²) in [5.41, 5.74) is 1.08. The van der Waals surface area contributed by atoms with E-state index in [0.29, 0.717) is 12.2 Å². The highest BCUT2D eigenvalue weighted by atomic mass is 16.3. The molecule has 0 aliphatic carbocycles. The molecule has 0 bridgehead atoms. The highest BCUT2D eigenvalue weighted by Crippen LogP contribution is 2.08. The summed E-state index contributed by atoms with van der Waals surface area (Å²) < 4.78 is 1.75. The molecule has 21 heavy (non-hydrogen) atoms. The molecule has 0 fully saturated rings. The van der Waals surface area contributed by atoms with E-state index in [2.05, 4.69) is 15.7 Å². The lowest BCUT2D eigenvalue weighted by molar-refractivity contribution is 0.187. The minimum atomic E-state index is -0.663. The molecule has 2 aromatic rings. The number of urea groups is 1. The van der Waals surface area contributed by atoms with Crippen LogP contribution in [0.4, 0.5) is 10.5 Å². The van der Waals surface area contributed by atoms with E-state index in [9.17, 15) is 4.79 Å². The number of carbonyl (C=O) groups is 1. The molecule has 0 atom stereocenters. The van der Waals surface area contributed by atoms with Crippen molar-refractivity contribution in [1.29, 1.82) is 0 Å². The number of hydrogen-bond donors (Lipinski definition) is 3.